The van der Waals surface area contributed by atoms with E-state index in [0.29, 0.717) is 17.4 Å². The van der Waals surface area contributed by atoms with E-state index in [0.717, 1.165) is 16.7 Å². The van der Waals surface area contributed by atoms with Gasteiger partial charge in [-0.2, -0.15) is 0 Å². The highest BCUT2D eigenvalue weighted by Crippen LogP contribution is 2.26. The molecule has 0 aliphatic heterocycles. The van der Waals surface area contributed by atoms with Gasteiger partial charge in [0.05, 0.1) is 31.3 Å². The van der Waals surface area contributed by atoms with E-state index >= 15 is 0 Å². The molecule has 26 heavy (non-hydrogen) atoms. The van der Waals surface area contributed by atoms with E-state index in [1.54, 1.807) is 19.4 Å². The number of benzene rings is 1. The van der Waals surface area contributed by atoms with Gasteiger partial charge < -0.3 is 19.4 Å². The van der Waals surface area contributed by atoms with Crippen LogP contribution in [0, 0.1) is 0 Å². The molecule has 0 atom stereocenters. The fraction of sp³-hybridized carbons (Fsp3) is 0.278. The van der Waals surface area contributed by atoms with Crippen molar-refractivity contribution in [2.24, 2.45) is 0 Å². The molecule has 3 aromatic rings. The third-order valence-electron chi connectivity index (χ3n) is 3.74. The van der Waals surface area contributed by atoms with E-state index < -0.39 is 0 Å². The van der Waals surface area contributed by atoms with Crippen molar-refractivity contribution in [1.29, 1.82) is 0 Å². The van der Waals surface area contributed by atoms with Gasteiger partial charge in [0.15, 0.2) is 5.13 Å². The maximum Gasteiger partial charge on any atom is 0.311 e. The maximum absolute atomic E-state index is 12.3. The lowest BCUT2D eigenvalue weighted by Crippen LogP contribution is -2.18. The van der Waals surface area contributed by atoms with Gasteiger partial charge in [-0.1, -0.05) is 6.07 Å². The quantitative estimate of drug-likeness (QED) is 0.644. The summed E-state index contributed by atoms with van der Waals surface area (Å²) in [6.45, 7) is 2.25. The Morgan fingerprint density at radius 3 is 2.92 bits per heavy atom. The van der Waals surface area contributed by atoms with Crippen LogP contribution in [0.2, 0.25) is 0 Å². The van der Waals surface area contributed by atoms with E-state index in [9.17, 15) is 9.59 Å². The summed E-state index contributed by atoms with van der Waals surface area (Å²) < 4.78 is 12.1. The Bertz CT molecular complexity index is 932. The van der Waals surface area contributed by atoms with Gasteiger partial charge in [0.1, 0.15) is 12.3 Å². The first-order valence-corrected chi connectivity index (χ1v) is 9.00. The van der Waals surface area contributed by atoms with Crippen LogP contribution in [-0.4, -0.2) is 35.1 Å². The van der Waals surface area contributed by atoms with Crippen LogP contribution in [0.3, 0.4) is 0 Å². The van der Waals surface area contributed by atoms with Crippen LogP contribution in [0.1, 0.15) is 12.6 Å². The van der Waals surface area contributed by atoms with Gasteiger partial charge in [0.2, 0.25) is 5.91 Å². The highest BCUT2D eigenvalue weighted by atomic mass is 32.1. The Morgan fingerprint density at radius 1 is 1.31 bits per heavy atom. The predicted octanol–water partition coefficient (Wildman–Crippen LogP) is 2.85. The molecule has 0 bridgehead atoms. The van der Waals surface area contributed by atoms with Crippen LogP contribution < -0.4 is 10.1 Å². The van der Waals surface area contributed by atoms with Gasteiger partial charge in [-0.05, 0) is 25.1 Å². The number of rotatable bonds is 7. The second-order valence-electron chi connectivity index (χ2n) is 5.51. The van der Waals surface area contributed by atoms with E-state index in [-0.39, 0.29) is 24.8 Å². The largest absolute Gasteiger partial charge is 0.496 e. The Morgan fingerprint density at radius 2 is 2.15 bits per heavy atom. The molecule has 8 heteroatoms. The average molecular weight is 373 g/mol. The number of thiazole rings is 1. The first-order valence-electron chi connectivity index (χ1n) is 8.12. The highest BCUT2D eigenvalue weighted by Gasteiger charge is 2.12. The molecule has 1 amide bonds. The smallest absolute Gasteiger partial charge is 0.311 e. The molecule has 0 spiro atoms. The van der Waals surface area contributed by atoms with Gasteiger partial charge >= 0.3 is 5.97 Å². The summed E-state index contributed by atoms with van der Waals surface area (Å²) in [6, 6.07) is 7.62. The molecule has 0 radical (unpaired) electrons. The molecule has 3 rings (SSSR count). The van der Waals surface area contributed by atoms with Gasteiger partial charge in [0, 0.05) is 17.0 Å². The monoisotopic (exact) mass is 373 g/mol. The minimum Gasteiger partial charge on any atom is -0.496 e. The zero-order valence-electron chi connectivity index (χ0n) is 14.5. The molecule has 0 aliphatic carbocycles. The Balaban J connectivity index is 1.65. The first-order chi connectivity index (χ1) is 12.6. The lowest BCUT2D eigenvalue weighted by atomic mass is 10.2. The third-order valence-corrected chi connectivity index (χ3v) is 4.54. The number of carbonyl (C=O) groups is 2. The molecule has 7 nitrogen and oxygen atoms in total. The molecule has 1 aromatic carbocycles. The zero-order chi connectivity index (χ0) is 18.5. The average Bonchev–Trinajstić information content (AvgIpc) is 3.22. The molecule has 0 aliphatic rings. The summed E-state index contributed by atoms with van der Waals surface area (Å²) in [7, 11) is 1.62. The van der Waals surface area contributed by atoms with Gasteiger partial charge in [-0.3, -0.25) is 9.59 Å². The first kappa shape index (κ1) is 17.9. The molecule has 0 unspecified atom stereocenters. The predicted molar refractivity (Wildman–Crippen MR) is 99.6 cm³/mol. The van der Waals surface area contributed by atoms with Crippen molar-refractivity contribution in [2.45, 2.75) is 19.9 Å². The highest BCUT2D eigenvalue weighted by molar-refractivity contribution is 7.13. The van der Waals surface area contributed by atoms with Crippen molar-refractivity contribution in [1.82, 2.24) is 9.55 Å². The molecule has 136 valence electrons. The van der Waals surface area contributed by atoms with Crippen molar-refractivity contribution < 1.29 is 19.1 Å². The lowest BCUT2D eigenvalue weighted by Gasteiger charge is -2.06. The Hall–Kier alpha value is -2.87. The van der Waals surface area contributed by atoms with Crippen molar-refractivity contribution in [3.05, 3.63) is 41.5 Å². The topological polar surface area (TPSA) is 82.5 Å². The molecular weight excluding hydrogens is 354 g/mol. The van der Waals surface area contributed by atoms with Gasteiger partial charge in [-0.15, -0.1) is 11.3 Å². The van der Waals surface area contributed by atoms with Gasteiger partial charge in [0.25, 0.3) is 0 Å². The van der Waals surface area contributed by atoms with E-state index in [4.69, 9.17) is 9.47 Å². The fourth-order valence-corrected chi connectivity index (χ4v) is 3.36. The summed E-state index contributed by atoms with van der Waals surface area (Å²) in [5.74, 6) is 0.246. The number of methoxy groups -OCH3 is 1. The molecule has 0 fully saturated rings. The number of hydrogen-bond acceptors (Lipinski definition) is 6. The van der Waals surface area contributed by atoms with E-state index in [1.165, 1.54) is 11.3 Å². The van der Waals surface area contributed by atoms with Crippen molar-refractivity contribution in [3.63, 3.8) is 0 Å². The van der Waals surface area contributed by atoms with Crippen LogP contribution in [0.25, 0.3) is 10.9 Å². The second kappa shape index (κ2) is 8.01. The van der Waals surface area contributed by atoms with Crippen LogP contribution in [0.15, 0.2) is 35.8 Å². The van der Waals surface area contributed by atoms with Crippen LogP contribution >= 0.6 is 11.3 Å². The number of fused-ring (bicyclic) bond motifs is 1. The van der Waals surface area contributed by atoms with Crippen molar-refractivity contribution in [3.8, 4) is 5.75 Å². The normalized spacial score (nSPS) is 10.7. The molecular formula is C18H19N3O4S. The lowest BCUT2D eigenvalue weighted by molar-refractivity contribution is -0.142. The van der Waals surface area contributed by atoms with Crippen LogP contribution in [-0.2, 0) is 27.3 Å². The van der Waals surface area contributed by atoms with E-state index in [1.807, 2.05) is 35.0 Å². The summed E-state index contributed by atoms with van der Waals surface area (Å²) in [6.07, 6.45) is 1.95. The van der Waals surface area contributed by atoms with Crippen LogP contribution in [0.4, 0.5) is 5.13 Å². The molecule has 0 saturated heterocycles. The van der Waals surface area contributed by atoms with Crippen molar-refractivity contribution in [2.75, 3.05) is 19.0 Å². The summed E-state index contributed by atoms with van der Waals surface area (Å²) >= 11 is 1.28. The van der Waals surface area contributed by atoms with Gasteiger partial charge in [-0.25, -0.2) is 4.98 Å². The van der Waals surface area contributed by atoms with E-state index in [2.05, 4.69) is 10.3 Å². The number of esters is 1. The number of anilines is 1. The molecule has 0 saturated carbocycles. The minimum absolute atomic E-state index is 0.0994. The zero-order valence-corrected chi connectivity index (χ0v) is 15.3. The standard InChI is InChI=1S/C18H19N3O4S/c1-3-25-17(23)9-12-11-26-18(19-12)20-16(22)10-21-8-7-13-14(21)5-4-6-15(13)24-2/h4-8,11H,3,9-10H2,1-2H3,(H,19,20,22). The summed E-state index contributed by atoms with van der Waals surface area (Å²) in [4.78, 5) is 28.0. The molecule has 2 heterocycles. The summed E-state index contributed by atoms with van der Waals surface area (Å²) in [5, 5.41) is 5.92. The minimum atomic E-state index is -0.330. The Labute approximate surface area is 154 Å². The number of hydrogen-bond donors (Lipinski definition) is 1. The number of ether oxygens (including phenoxy) is 2. The SMILES string of the molecule is CCOC(=O)Cc1csc(NC(=O)Cn2ccc3c(OC)cccc32)n1. The van der Waals surface area contributed by atoms with Crippen molar-refractivity contribution >= 4 is 39.2 Å². The number of nitrogens with zero attached hydrogens (tertiary/aromatic N) is 2. The fourth-order valence-electron chi connectivity index (χ4n) is 2.63. The number of amides is 1. The number of carbonyl (C=O) groups excluding carboxylic acids is 2. The molecule has 2 aromatic heterocycles. The second-order valence-corrected chi connectivity index (χ2v) is 6.37. The van der Waals surface area contributed by atoms with Crippen LogP contribution in [0.5, 0.6) is 5.75 Å². The maximum atomic E-state index is 12.3. The number of nitrogens with one attached hydrogen (secondary N) is 1. The summed E-state index contributed by atoms with van der Waals surface area (Å²) in [5.41, 5.74) is 1.50. The number of aromatic nitrogens is 2. The Kier molecular flexibility index (Phi) is 5.52. The third kappa shape index (κ3) is 4.02. The molecule has 1 N–H and O–H groups in total.